The van der Waals surface area contributed by atoms with Gasteiger partial charge >= 0.3 is 5.13 Å². The molecule has 1 heterocycles. The molecule has 2 aromatic carbocycles. The summed E-state index contributed by atoms with van der Waals surface area (Å²) < 4.78 is 2.20. The molecule has 25 heavy (non-hydrogen) atoms. The van der Waals surface area contributed by atoms with Crippen LogP contribution in [0.25, 0.3) is 11.3 Å². The van der Waals surface area contributed by atoms with E-state index in [-0.39, 0.29) is 0 Å². The first kappa shape index (κ1) is 16.2. The van der Waals surface area contributed by atoms with E-state index in [1.54, 1.807) is 11.3 Å². The molecule has 4 heteroatoms. The van der Waals surface area contributed by atoms with Gasteiger partial charge in [-0.1, -0.05) is 66.3 Å². The van der Waals surface area contributed by atoms with Gasteiger partial charge in [-0.05, 0) is 37.8 Å². The number of hydrogen-bond acceptors (Lipinski definition) is 3. The first-order valence-corrected chi connectivity index (χ1v) is 9.96. The highest BCUT2D eigenvalue weighted by molar-refractivity contribution is 7.13. The average Bonchev–Trinajstić information content (AvgIpc) is 3.06. The van der Waals surface area contributed by atoms with E-state index in [2.05, 4.69) is 75.4 Å². The number of anilines is 2. The van der Waals surface area contributed by atoms with Gasteiger partial charge in [0, 0.05) is 10.9 Å². The summed E-state index contributed by atoms with van der Waals surface area (Å²) >= 11 is 1.77. The van der Waals surface area contributed by atoms with Crippen LogP contribution in [0.5, 0.6) is 0 Å². The van der Waals surface area contributed by atoms with Gasteiger partial charge in [0.25, 0.3) is 0 Å². The molecule has 4 rings (SSSR count). The molecule has 128 valence electrons. The number of nitrogens with zero attached hydrogens (tertiary/aromatic N) is 1. The topological polar surface area (TPSA) is 27.9 Å². The Hall–Kier alpha value is -2.33. The molecule has 0 unspecified atom stereocenters. The van der Waals surface area contributed by atoms with Crippen molar-refractivity contribution in [3.63, 3.8) is 0 Å². The fourth-order valence-electron chi connectivity index (χ4n) is 3.41. The number of benzene rings is 2. The molecule has 0 spiro atoms. The monoisotopic (exact) mass is 350 g/mol. The van der Waals surface area contributed by atoms with Crippen molar-refractivity contribution in [3.05, 3.63) is 66.0 Å². The molecule has 1 saturated carbocycles. The first-order valence-electron chi connectivity index (χ1n) is 9.08. The lowest BCUT2D eigenvalue weighted by Crippen LogP contribution is -2.46. The molecule has 1 fully saturated rings. The van der Waals surface area contributed by atoms with Crippen LogP contribution in [0.3, 0.4) is 0 Å². The SMILES string of the molecule is c1ccc(N[n+]2c(-c3ccccc3)csc2NC2CCCCC2)cc1. The van der Waals surface area contributed by atoms with Gasteiger partial charge in [-0.3, -0.25) is 5.32 Å². The summed E-state index contributed by atoms with van der Waals surface area (Å²) in [5, 5.41) is 7.19. The van der Waals surface area contributed by atoms with Gasteiger partial charge in [0.1, 0.15) is 0 Å². The van der Waals surface area contributed by atoms with Crippen LogP contribution in [0.2, 0.25) is 0 Å². The second-order valence-electron chi connectivity index (χ2n) is 6.58. The molecule has 0 aliphatic heterocycles. The van der Waals surface area contributed by atoms with Gasteiger partial charge in [0.2, 0.25) is 0 Å². The third-order valence-corrected chi connectivity index (χ3v) is 5.61. The lowest BCUT2D eigenvalue weighted by atomic mass is 9.96. The summed E-state index contributed by atoms with van der Waals surface area (Å²) in [6.07, 6.45) is 6.58. The molecule has 2 N–H and O–H groups in total. The molecule has 1 aliphatic rings. The van der Waals surface area contributed by atoms with E-state index < -0.39 is 0 Å². The number of hydrogen-bond donors (Lipinski definition) is 2. The normalized spacial score (nSPS) is 15.0. The zero-order valence-corrected chi connectivity index (χ0v) is 15.1. The smallest absolute Gasteiger partial charge is 0.260 e. The number of aromatic nitrogens is 1. The van der Waals surface area contributed by atoms with Crippen LogP contribution in [0.1, 0.15) is 32.1 Å². The molecule has 0 saturated heterocycles. The van der Waals surface area contributed by atoms with Crippen molar-refractivity contribution in [2.24, 2.45) is 0 Å². The Kier molecular flexibility index (Phi) is 4.98. The maximum atomic E-state index is 3.78. The van der Waals surface area contributed by atoms with E-state index >= 15 is 0 Å². The summed E-state index contributed by atoms with van der Waals surface area (Å²) in [7, 11) is 0. The summed E-state index contributed by atoms with van der Waals surface area (Å²) in [6.45, 7) is 0. The first-order chi connectivity index (χ1) is 12.4. The van der Waals surface area contributed by atoms with Gasteiger partial charge in [-0.15, -0.1) is 4.68 Å². The third kappa shape index (κ3) is 3.85. The Bertz CT molecular complexity index is 793. The molecular formula is C21H24N3S+. The standard InChI is InChI=1S/C21H23N3S/c1-4-10-17(11-5-1)20-16-25-21(22-18-12-6-2-7-13-18)24(20)23-19-14-8-3-9-15-19/h1,3-5,8-11,14-16,18,23H,2,6-7,12-13H2/p+1. The van der Waals surface area contributed by atoms with Crippen molar-refractivity contribution in [2.75, 3.05) is 10.7 Å². The van der Waals surface area contributed by atoms with Crippen LogP contribution < -0.4 is 15.4 Å². The fraction of sp³-hybridized carbons (Fsp3) is 0.286. The minimum atomic E-state index is 0.583. The maximum Gasteiger partial charge on any atom is 0.358 e. The van der Waals surface area contributed by atoms with Crippen LogP contribution in [-0.4, -0.2) is 6.04 Å². The quantitative estimate of drug-likeness (QED) is 0.609. The van der Waals surface area contributed by atoms with E-state index in [9.17, 15) is 0 Å². The Morgan fingerprint density at radius 3 is 2.24 bits per heavy atom. The molecular weight excluding hydrogens is 326 g/mol. The predicted octanol–water partition coefficient (Wildman–Crippen LogP) is 5.32. The van der Waals surface area contributed by atoms with E-state index in [0.717, 1.165) is 5.69 Å². The molecule has 0 atom stereocenters. The fourth-order valence-corrected chi connectivity index (χ4v) is 4.35. The lowest BCUT2D eigenvalue weighted by Gasteiger charge is -2.19. The summed E-state index contributed by atoms with van der Waals surface area (Å²) in [5.74, 6) is 0. The molecule has 1 aromatic heterocycles. The largest absolute Gasteiger partial charge is 0.358 e. The third-order valence-electron chi connectivity index (χ3n) is 4.74. The second-order valence-corrected chi connectivity index (χ2v) is 7.44. The van der Waals surface area contributed by atoms with Crippen molar-refractivity contribution < 1.29 is 4.68 Å². The lowest BCUT2D eigenvalue weighted by molar-refractivity contribution is -0.612. The van der Waals surface area contributed by atoms with Gasteiger partial charge in [0.15, 0.2) is 5.69 Å². The summed E-state index contributed by atoms with van der Waals surface area (Å²) in [6, 6.07) is 21.5. The second kappa shape index (κ2) is 7.70. The number of rotatable bonds is 5. The molecule has 0 amide bonds. The highest BCUT2D eigenvalue weighted by Crippen LogP contribution is 2.26. The van der Waals surface area contributed by atoms with E-state index in [1.165, 1.54) is 48.5 Å². The molecule has 1 aliphatic carbocycles. The Balaban J connectivity index is 1.67. The van der Waals surface area contributed by atoms with Gasteiger partial charge in [-0.2, -0.15) is 0 Å². The van der Waals surface area contributed by atoms with Gasteiger partial charge < -0.3 is 0 Å². The zero-order chi connectivity index (χ0) is 16.9. The highest BCUT2D eigenvalue weighted by Gasteiger charge is 2.24. The van der Waals surface area contributed by atoms with Crippen molar-refractivity contribution in [1.82, 2.24) is 0 Å². The molecule has 0 bridgehead atoms. The van der Waals surface area contributed by atoms with Crippen LogP contribution in [0, 0.1) is 0 Å². The summed E-state index contributed by atoms with van der Waals surface area (Å²) in [4.78, 5) is 0. The van der Waals surface area contributed by atoms with Crippen LogP contribution in [0.4, 0.5) is 10.8 Å². The van der Waals surface area contributed by atoms with Gasteiger partial charge in [-0.25, -0.2) is 5.43 Å². The van der Waals surface area contributed by atoms with Crippen molar-refractivity contribution in [2.45, 2.75) is 38.1 Å². The maximum absolute atomic E-state index is 3.78. The number of nitrogens with one attached hydrogen (secondary N) is 2. The number of thiazole rings is 1. The Morgan fingerprint density at radius 1 is 0.840 bits per heavy atom. The Morgan fingerprint density at radius 2 is 1.52 bits per heavy atom. The van der Waals surface area contributed by atoms with E-state index in [1.807, 2.05) is 6.07 Å². The van der Waals surface area contributed by atoms with Gasteiger partial charge in [0.05, 0.1) is 11.7 Å². The molecule has 3 aromatic rings. The average molecular weight is 351 g/mol. The van der Waals surface area contributed by atoms with Crippen LogP contribution >= 0.6 is 11.3 Å². The highest BCUT2D eigenvalue weighted by atomic mass is 32.1. The number of para-hydroxylation sites is 1. The Labute approximate surface area is 153 Å². The van der Waals surface area contributed by atoms with Crippen LogP contribution in [0.15, 0.2) is 66.0 Å². The summed E-state index contributed by atoms with van der Waals surface area (Å²) in [5.41, 5.74) is 7.08. The van der Waals surface area contributed by atoms with Crippen molar-refractivity contribution in [3.8, 4) is 11.3 Å². The molecule has 0 radical (unpaired) electrons. The minimum absolute atomic E-state index is 0.583. The van der Waals surface area contributed by atoms with E-state index in [4.69, 9.17) is 0 Å². The van der Waals surface area contributed by atoms with E-state index in [0.29, 0.717) is 6.04 Å². The van der Waals surface area contributed by atoms with Crippen molar-refractivity contribution in [1.29, 1.82) is 0 Å². The minimum Gasteiger partial charge on any atom is -0.260 e. The predicted molar refractivity (Wildman–Crippen MR) is 106 cm³/mol. The van der Waals surface area contributed by atoms with Crippen LogP contribution in [-0.2, 0) is 0 Å². The zero-order valence-electron chi connectivity index (χ0n) is 14.3. The van der Waals surface area contributed by atoms with Crippen molar-refractivity contribution >= 4 is 22.2 Å². The molecule has 3 nitrogen and oxygen atoms in total.